The first-order valence-corrected chi connectivity index (χ1v) is 6.70. The van der Waals surface area contributed by atoms with E-state index in [1.54, 1.807) is 16.7 Å². The summed E-state index contributed by atoms with van der Waals surface area (Å²) in [6, 6.07) is 0. The lowest BCUT2D eigenvalue weighted by molar-refractivity contribution is 0.0594. The van der Waals surface area contributed by atoms with Gasteiger partial charge in [0, 0.05) is 5.38 Å². The van der Waals surface area contributed by atoms with E-state index in [1.807, 2.05) is 11.8 Å². The Morgan fingerprint density at radius 3 is 3.07 bits per heavy atom. The molecule has 0 saturated carbocycles. The molecule has 2 heterocycles. The molecule has 0 aromatic carbocycles. The number of thiazole rings is 1. The van der Waals surface area contributed by atoms with E-state index in [0.717, 1.165) is 11.4 Å². The summed E-state index contributed by atoms with van der Waals surface area (Å²) >= 11 is 3.48. The minimum Gasteiger partial charge on any atom is -0.464 e. The lowest BCUT2D eigenvalue weighted by Crippen LogP contribution is -2.13. The van der Waals surface area contributed by atoms with Gasteiger partial charge in [-0.2, -0.15) is 0 Å². The number of thioether (sulfide) groups is 1. The van der Waals surface area contributed by atoms with Crippen LogP contribution in [0.5, 0.6) is 0 Å². The SMILES string of the molecule is COC(=O)c1csc(C2(C)CCCS2)n1. The van der Waals surface area contributed by atoms with Crippen LogP contribution < -0.4 is 0 Å². The van der Waals surface area contributed by atoms with Crippen molar-refractivity contribution in [2.24, 2.45) is 0 Å². The summed E-state index contributed by atoms with van der Waals surface area (Å²) in [6.07, 6.45) is 2.38. The van der Waals surface area contributed by atoms with E-state index >= 15 is 0 Å². The molecule has 2 rings (SSSR count). The van der Waals surface area contributed by atoms with E-state index in [2.05, 4.69) is 16.6 Å². The molecule has 1 saturated heterocycles. The van der Waals surface area contributed by atoms with Crippen molar-refractivity contribution in [1.82, 2.24) is 4.98 Å². The third kappa shape index (κ3) is 2.03. The molecule has 1 unspecified atom stereocenters. The first-order chi connectivity index (χ1) is 7.15. The molecule has 82 valence electrons. The molecule has 1 aromatic rings. The molecule has 1 aromatic heterocycles. The molecule has 0 spiro atoms. The lowest BCUT2D eigenvalue weighted by Gasteiger charge is -2.18. The summed E-state index contributed by atoms with van der Waals surface area (Å²) in [4.78, 5) is 15.6. The van der Waals surface area contributed by atoms with E-state index in [9.17, 15) is 4.79 Å². The Morgan fingerprint density at radius 2 is 2.47 bits per heavy atom. The van der Waals surface area contributed by atoms with Crippen molar-refractivity contribution >= 4 is 29.1 Å². The summed E-state index contributed by atoms with van der Waals surface area (Å²) in [5, 5.41) is 2.83. The Kier molecular flexibility index (Phi) is 3.02. The third-order valence-electron chi connectivity index (χ3n) is 2.57. The van der Waals surface area contributed by atoms with Crippen molar-refractivity contribution < 1.29 is 9.53 Å². The van der Waals surface area contributed by atoms with Gasteiger partial charge in [-0.15, -0.1) is 23.1 Å². The second kappa shape index (κ2) is 4.14. The zero-order valence-corrected chi connectivity index (χ0v) is 10.4. The minimum absolute atomic E-state index is 0.108. The van der Waals surface area contributed by atoms with Crippen molar-refractivity contribution in [3.05, 3.63) is 16.1 Å². The number of esters is 1. The van der Waals surface area contributed by atoms with Crippen LogP contribution in [-0.2, 0) is 9.48 Å². The van der Waals surface area contributed by atoms with E-state index < -0.39 is 0 Å². The summed E-state index contributed by atoms with van der Waals surface area (Å²) in [6.45, 7) is 2.20. The molecular formula is C10H13NO2S2. The fourth-order valence-corrected chi connectivity index (χ4v) is 4.06. The van der Waals surface area contributed by atoms with Gasteiger partial charge in [-0.3, -0.25) is 0 Å². The molecule has 0 amide bonds. The summed E-state index contributed by atoms with van der Waals surface area (Å²) in [7, 11) is 1.38. The number of hydrogen-bond acceptors (Lipinski definition) is 5. The monoisotopic (exact) mass is 243 g/mol. The van der Waals surface area contributed by atoms with E-state index in [1.165, 1.54) is 19.3 Å². The molecule has 1 fully saturated rings. The standard InChI is InChI=1S/C10H13NO2S2/c1-10(4-3-5-15-10)9-11-7(6-14-9)8(12)13-2/h6H,3-5H2,1-2H3. The smallest absolute Gasteiger partial charge is 0.357 e. The van der Waals surface area contributed by atoms with Crippen LogP contribution in [0, 0.1) is 0 Å². The zero-order valence-electron chi connectivity index (χ0n) is 8.78. The predicted octanol–water partition coefficient (Wildman–Crippen LogP) is 2.67. The number of aromatic nitrogens is 1. The molecule has 15 heavy (non-hydrogen) atoms. The summed E-state index contributed by atoms with van der Waals surface area (Å²) in [5.74, 6) is 0.841. The van der Waals surface area contributed by atoms with Crippen LogP contribution in [0.1, 0.15) is 35.3 Å². The number of methoxy groups -OCH3 is 1. The van der Waals surface area contributed by atoms with Crippen LogP contribution in [0.25, 0.3) is 0 Å². The van der Waals surface area contributed by atoms with Gasteiger partial charge in [0.1, 0.15) is 5.01 Å². The fraction of sp³-hybridized carbons (Fsp3) is 0.600. The van der Waals surface area contributed by atoms with Gasteiger partial charge < -0.3 is 4.74 Å². The number of hydrogen-bond donors (Lipinski definition) is 0. The summed E-state index contributed by atoms with van der Waals surface area (Å²) in [5.41, 5.74) is 0.436. The Bertz CT molecular complexity index is 369. The predicted molar refractivity (Wildman–Crippen MR) is 62.5 cm³/mol. The zero-order chi connectivity index (χ0) is 10.9. The molecule has 0 N–H and O–H groups in total. The maximum absolute atomic E-state index is 11.3. The van der Waals surface area contributed by atoms with Gasteiger partial charge >= 0.3 is 5.97 Å². The van der Waals surface area contributed by atoms with Crippen molar-refractivity contribution in [2.75, 3.05) is 12.9 Å². The van der Waals surface area contributed by atoms with Crippen LogP contribution in [0.2, 0.25) is 0 Å². The fourth-order valence-electron chi connectivity index (χ4n) is 1.66. The van der Waals surface area contributed by atoms with Crippen LogP contribution in [0.4, 0.5) is 0 Å². The van der Waals surface area contributed by atoms with Crippen LogP contribution in [0.15, 0.2) is 5.38 Å². The van der Waals surface area contributed by atoms with Crippen LogP contribution >= 0.6 is 23.1 Å². The van der Waals surface area contributed by atoms with Crippen molar-refractivity contribution in [3.63, 3.8) is 0 Å². The van der Waals surface area contributed by atoms with Crippen LogP contribution in [0.3, 0.4) is 0 Å². The molecule has 1 aliphatic rings. The topological polar surface area (TPSA) is 39.2 Å². The van der Waals surface area contributed by atoms with E-state index in [4.69, 9.17) is 0 Å². The number of nitrogens with zero attached hydrogens (tertiary/aromatic N) is 1. The second-order valence-corrected chi connectivity index (χ2v) is 6.17. The van der Waals surface area contributed by atoms with E-state index in [0.29, 0.717) is 5.69 Å². The highest BCUT2D eigenvalue weighted by Gasteiger charge is 2.34. The maximum Gasteiger partial charge on any atom is 0.357 e. The van der Waals surface area contributed by atoms with Gasteiger partial charge in [-0.25, -0.2) is 9.78 Å². The minimum atomic E-state index is -0.343. The van der Waals surface area contributed by atoms with Crippen molar-refractivity contribution in [2.45, 2.75) is 24.5 Å². The quantitative estimate of drug-likeness (QED) is 0.749. The molecule has 3 nitrogen and oxygen atoms in total. The molecule has 0 aliphatic carbocycles. The highest BCUT2D eigenvalue weighted by Crippen LogP contribution is 2.47. The van der Waals surface area contributed by atoms with Gasteiger partial charge in [-0.1, -0.05) is 0 Å². The Morgan fingerprint density at radius 1 is 1.67 bits per heavy atom. The van der Waals surface area contributed by atoms with Crippen molar-refractivity contribution in [1.29, 1.82) is 0 Å². The largest absolute Gasteiger partial charge is 0.464 e. The summed E-state index contributed by atoms with van der Waals surface area (Å²) < 4.78 is 4.75. The Balaban J connectivity index is 2.23. The number of carbonyl (C=O) groups is 1. The van der Waals surface area contributed by atoms with Crippen LogP contribution in [-0.4, -0.2) is 23.8 Å². The first-order valence-electron chi connectivity index (χ1n) is 4.84. The molecule has 1 atom stereocenters. The number of rotatable bonds is 2. The highest BCUT2D eigenvalue weighted by atomic mass is 32.2. The van der Waals surface area contributed by atoms with Crippen molar-refractivity contribution in [3.8, 4) is 0 Å². The van der Waals surface area contributed by atoms with E-state index in [-0.39, 0.29) is 10.7 Å². The van der Waals surface area contributed by atoms with Gasteiger partial charge in [-0.05, 0) is 25.5 Å². The average Bonchev–Trinajstić information content (AvgIpc) is 2.85. The first kappa shape index (κ1) is 11.0. The van der Waals surface area contributed by atoms with Gasteiger partial charge in [0.15, 0.2) is 5.69 Å². The Hall–Kier alpha value is -0.550. The maximum atomic E-state index is 11.3. The normalized spacial score (nSPS) is 25.5. The molecule has 0 radical (unpaired) electrons. The van der Waals surface area contributed by atoms with Gasteiger partial charge in [0.2, 0.25) is 0 Å². The molecule has 1 aliphatic heterocycles. The number of ether oxygens (including phenoxy) is 1. The Labute approximate surface area is 97.2 Å². The number of carbonyl (C=O) groups excluding carboxylic acids is 1. The molecular weight excluding hydrogens is 230 g/mol. The molecule has 0 bridgehead atoms. The highest BCUT2D eigenvalue weighted by molar-refractivity contribution is 8.00. The van der Waals surface area contributed by atoms with Gasteiger partial charge in [0.05, 0.1) is 11.9 Å². The molecule has 5 heteroatoms. The third-order valence-corrected chi connectivity index (χ3v) is 5.33. The van der Waals surface area contributed by atoms with Gasteiger partial charge in [0.25, 0.3) is 0 Å². The average molecular weight is 243 g/mol. The second-order valence-electron chi connectivity index (χ2n) is 3.71. The lowest BCUT2D eigenvalue weighted by atomic mass is 10.1.